The van der Waals surface area contributed by atoms with Crippen molar-refractivity contribution in [2.24, 2.45) is 0 Å². The fraction of sp³-hybridized carbons (Fsp3) is 0.875. The van der Waals surface area contributed by atoms with Gasteiger partial charge in [0.2, 0.25) is 0 Å². The van der Waals surface area contributed by atoms with Gasteiger partial charge in [0, 0.05) is 6.42 Å². The molecule has 10 heavy (non-hydrogen) atoms. The summed E-state index contributed by atoms with van der Waals surface area (Å²) < 4.78 is 5.56. The molecule has 1 heterocycles. The summed E-state index contributed by atoms with van der Waals surface area (Å²) >= 11 is 0. The van der Waals surface area contributed by atoms with E-state index in [0.29, 0.717) is 6.42 Å². The summed E-state index contributed by atoms with van der Waals surface area (Å²) in [7, 11) is 0. The lowest BCUT2D eigenvalue weighted by Crippen LogP contribution is -2.19. The molecule has 0 aromatic rings. The minimum absolute atomic E-state index is 0.00762. The van der Waals surface area contributed by atoms with E-state index < -0.39 is 0 Å². The summed E-state index contributed by atoms with van der Waals surface area (Å²) in [6.07, 6.45) is 3.79. The van der Waals surface area contributed by atoms with Gasteiger partial charge in [-0.05, 0) is 26.7 Å². The van der Waals surface area contributed by atoms with E-state index in [1.54, 1.807) is 0 Å². The first kappa shape index (κ1) is 7.73. The highest BCUT2D eigenvalue weighted by molar-refractivity contribution is 5.50. The Morgan fingerprint density at radius 1 is 1.70 bits per heavy atom. The maximum atomic E-state index is 10.1. The van der Waals surface area contributed by atoms with Crippen molar-refractivity contribution in [3.63, 3.8) is 0 Å². The molecule has 2 heteroatoms. The number of ether oxygens (including phenoxy) is 1. The summed E-state index contributed by atoms with van der Waals surface area (Å²) in [5.74, 6) is 0. The van der Waals surface area contributed by atoms with Crippen LogP contribution in [-0.2, 0) is 9.53 Å². The van der Waals surface area contributed by atoms with Gasteiger partial charge in [0.15, 0.2) is 0 Å². The highest BCUT2D eigenvalue weighted by atomic mass is 16.5. The van der Waals surface area contributed by atoms with E-state index in [-0.39, 0.29) is 11.7 Å². The Hall–Kier alpha value is -0.370. The molecule has 1 rings (SSSR count). The lowest BCUT2D eigenvalue weighted by atomic mass is 10.1. The molecule has 1 aliphatic rings. The fourth-order valence-electron chi connectivity index (χ4n) is 1.35. The number of rotatable bonds is 2. The minimum Gasteiger partial charge on any atom is -0.372 e. The maximum absolute atomic E-state index is 10.1. The van der Waals surface area contributed by atoms with Crippen LogP contribution >= 0.6 is 0 Å². The molecular formula is C8H14O2. The van der Waals surface area contributed by atoms with E-state index >= 15 is 0 Å². The lowest BCUT2D eigenvalue weighted by molar-refractivity contribution is -0.111. The molecular weight excluding hydrogens is 128 g/mol. The number of hydrogen-bond donors (Lipinski definition) is 0. The third-order valence-electron chi connectivity index (χ3n) is 1.91. The highest BCUT2D eigenvalue weighted by Crippen LogP contribution is 2.30. The van der Waals surface area contributed by atoms with Crippen LogP contribution in [0.4, 0.5) is 0 Å². The van der Waals surface area contributed by atoms with Crippen LogP contribution in [0.3, 0.4) is 0 Å². The maximum Gasteiger partial charge on any atom is 0.122 e. The second-order valence-electron chi connectivity index (χ2n) is 3.44. The molecule has 0 saturated carbocycles. The number of carbonyl (C=O) groups excluding carboxylic acids is 1. The van der Waals surface area contributed by atoms with Gasteiger partial charge in [-0.25, -0.2) is 0 Å². The molecule has 1 unspecified atom stereocenters. The Morgan fingerprint density at radius 3 is 2.80 bits per heavy atom. The van der Waals surface area contributed by atoms with E-state index in [4.69, 9.17) is 4.74 Å². The van der Waals surface area contributed by atoms with Crippen molar-refractivity contribution in [2.45, 2.75) is 44.8 Å². The SMILES string of the molecule is CC1(C)CCC(CC=O)O1. The van der Waals surface area contributed by atoms with Gasteiger partial charge < -0.3 is 9.53 Å². The Morgan fingerprint density at radius 2 is 2.40 bits per heavy atom. The summed E-state index contributed by atoms with van der Waals surface area (Å²) in [6, 6.07) is 0. The van der Waals surface area contributed by atoms with Crippen LogP contribution in [0.5, 0.6) is 0 Å². The van der Waals surface area contributed by atoms with Crippen molar-refractivity contribution in [3.8, 4) is 0 Å². The Bertz CT molecular complexity index is 129. The van der Waals surface area contributed by atoms with Gasteiger partial charge in [0.05, 0.1) is 11.7 Å². The second-order valence-corrected chi connectivity index (χ2v) is 3.44. The van der Waals surface area contributed by atoms with Crippen molar-refractivity contribution in [3.05, 3.63) is 0 Å². The smallest absolute Gasteiger partial charge is 0.122 e. The average Bonchev–Trinajstić information content (AvgIpc) is 2.12. The monoisotopic (exact) mass is 142 g/mol. The fourth-order valence-corrected chi connectivity index (χ4v) is 1.35. The third-order valence-corrected chi connectivity index (χ3v) is 1.91. The van der Waals surface area contributed by atoms with Crippen LogP contribution in [0.2, 0.25) is 0 Å². The normalized spacial score (nSPS) is 30.4. The van der Waals surface area contributed by atoms with Crippen molar-refractivity contribution in [1.29, 1.82) is 0 Å². The molecule has 0 bridgehead atoms. The third kappa shape index (κ3) is 1.81. The molecule has 58 valence electrons. The Kier molecular flexibility index (Phi) is 2.09. The zero-order chi connectivity index (χ0) is 7.61. The van der Waals surface area contributed by atoms with Gasteiger partial charge >= 0.3 is 0 Å². The van der Waals surface area contributed by atoms with Crippen LogP contribution in [0.15, 0.2) is 0 Å². The van der Waals surface area contributed by atoms with Gasteiger partial charge in [-0.15, -0.1) is 0 Å². The molecule has 0 aliphatic carbocycles. The topological polar surface area (TPSA) is 26.3 Å². The zero-order valence-electron chi connectivity index (χ0n) is 6.59. The summed E-state index contributed by atoms with van der Waals surface area (Å²) in [5, 5.41) is 0. The molecule has 0 aromatic heterocycles. The highest BCUT2D eigenvalue weighted by Gasteiger charge is 2.30. The van der Waals surface area contributed by atoms with Gasteiger partial charge in [0.25, 0.3) is 0 Å². The Labute approximate surface area is 61.6 Å². The predicted molar refractivity (Wildman–Crippen MR) is 38.9 cm³/mol. The largest absolute Gasteiger partial charge is 0.372 e. The standard InChI is InChI=1S/C8H14O2/c1-8(2)5-3-7(10-8)4-6-9/h6-7H,3-5H2,1-2H3. The molecule has 1 fully saturated rings. The van der Waals surface area contributed by atoms with Crippen LogP contribution in [0.25, 0.3) is 0 Å². The Balaban J connectivity index is 2.35. The minimum atomic E-state index is 0.00762. The van der Waals surface area contributed by atoms with E-state index in [1.165, 1.54) is 0 Å². The first-order valence-electron chi connectivity index (χ1n) is 3.75. The van der Waals surface area contributed by atoms with Gasteiger partial charge in [-0.1, -0.05) is 0 Å². The molecule has 0 amide bonds. The van der Waals surface area contributed by atoms with Crippen LogP contribution in [0.1, 0.15) is 33.1 Å². The summed E-state index contributed by atoms with van der Waals surface area (Å²) in [6.45, 7) is 4.13. The van der Waals surface area contributed by atoms with E-state index in [0.717, 1.165) is 19.1 Å². The van der Waals surface area contributed by atoms with E-state index in [9.17, 15) is 4.79 Å². The first-order valence-corrected chi connectivity index (χ1v) is 3.75. The molecule has 1 atom stereocenters. The molecule has 0 spiro atoms. The van der Waals surface area contributed by atoms with Crippen LogP contribution in [0, 0.1) is 0 Å². The van der Waals surface area contributed by atoms with Crippen molar-refractivity contribution < 1.29 is 9.53 Å². The first-order chi connectivity index (χ1) is 4.64. The quantitative estimate of drug-likeness (QED) is 0.546. The zero-order valence-corrected chi connectivity index (χ0v) is 6.59. The van der Waals surface area contributed by atoms with Gasteiger partial charge in [-0.2, -0.15) is 0 Å². The molecule has 0 N–H and O–H groups in total. The molecule has 1 saturated heterocycles. The summed E-state index contributed by atoms with van der Waals surface area (Å²) in [4.78, 5) is 10.1. The number of hydrogen-bond acceptors (Lipinski definition) is 2. The molecule has 0 radical (unpaired) electrons. The average molecular weight is 142 g/mol. The van der Waals surface area contributed by atoms with Gasteiger partial charge in [0.1, 0.15) is 6.29 Å². The number of carbonyl (C=O) groups is 1. The van der Waals surface area contributed by atoms with Crippen molar-refractivity contribution in [2.75, 3.05) is 0 Å². The predicted octanol–water partition coefficient (Wildman–Crippen LogP) is 1.53. The number of aldehydes is 1. The van der Waals surface area contributed by atoms with Crippen LogP contribution in [-0.4, -0.2) is 18.0 Å². The van der Waals surface area contributed by atoms with E-state index in [1.807, 2.05) is 0 Å². The molecule has 1 aliphatic heterocycles. The van der Waals surface area contributed by atoms with E-state index in [2.05, 4.69) is 13.8 Å². The summed E-state index contributed by atoms with van der Waals surface area (Å²) in [5.41, 5.74) is 0.00762. The van der Waals surface area contributed by atoms with Crippen molar-refractivity contribution in [1.82, 2.24) is 0 Å². The van der Waals surface area contributed by atoms with Crippen LogP contribution < -0.4 is 0 Å². The second kappa shape index (κ2) is 2.70. The molecule has 2 nitrogen and oxygen atoms in total. The van der Waals surface area contributed by atoms with Crippen molar-refractivity contribution >= 4 is 6.29 Å². The van der Waals surface area contributed by atoms with Gasteiger partial charge in [-0.3, -0.25) is 0 Å². The lowest BCUT2D eigenvalue weighted by Gasteiger charge is -2.17. The molecule has 0 aromatic carbocycles.